The average Bonchev–Trinajstić information content (AvgIpc) is 3.61. The lowest BCUT2D eigenvalue weighted by Crippen LogP contribution is -2.57. The summed E-state index contributed by atoms with van der Waals surface area (Å²) in [5.74, 6) is -1.51. The van der Waals surface area contributed by atoms with Crippen molar-refractivity contribution in [3.63, 3.8) is 0 Å². The molecule has 2 aromatic carbocycles. The van der Waals surface area contributed by atoms with Gasteiger partial charge in [0.05, 0.1) is 18.3 Å². The number of hydrogen-bond acceptors (Lipinski definition) is 7. The summed E-state index contributed by atoms with van der Waals surface area (Å²) in [4.78, 5) is 21.0. The number of rotatable bonds is 9. The van der Waals surface area contributed by atoms with Gasteiger partial charge in [0, 0.05) is 49.5 Å². The van der Waals surface area contributed by atoms with E-state index in [0.717, 1.165) is 29.9 Å². The van der Waals surface area contributed by atoms with Gasteiger partial charge in [-0.3, -0.25) is 4.90 Å². The van der Waals surface area contributed by atoms with Crippen LogP contribution in [0.15, 0.2) is 66.2 Å². The molecule has 212 valence electrons. The largest absolute Gasteiger partial charge is 0.381 e. The summed E-state index contributed by atoms with van der Waals surface area (Å²) in [6.45, 7) is 8.39. The van der Waals surface area contributed by atoms with Gasteiger partial charge in [-0.1, -0.05) is 13.0 Å². The monoisotopic (exact) mass is 552 g/mol. The zero-order chi connectivity index (χ0) is 28.4. The molecule has 1 aliphatic heterocycles. The van der Waals surface area contributed by atoms with Crippen LogP contribution in [0.4, 0.5) is 14.5 Å². The van der Waals surface area contributed by atoms with Crippen LogP contribution in [0, 0.1) is 11.6 Å². The van der Waals surface area contributed by atoms with Crippen LogP contribution >= 0.6 is 0 Å². The summed E-state index contributed by atoms with van der Waals surface area (Å²) >= 11 is 0. The van der Waals surface area contributed by atoms with Gasteiger partial charge >= 0.3 is 5.69 Å². The van der Waals surface area contributed by atoms with E-state index >= 15 is 0 Å². The zero-order valence-corrected chi connectivity index (χ0v) is 22.9. The number of aromatic nitrogens is 6. The van der Waals surface area contributed by atoms with E-state index in [1.807, 2.05) is 45.0 Å². The second-order valence-corrected chi connectivity index (χ2v) is 10.3. The first-order valence-electron chi connectivity index (χ1n) is 13.5. The van der Waals surface area contributed by atoms with Crippen LogP contribution in [0.2, 0.25) is 0 Å². The minimum atomic E-state index is -1.68. The first-order chi connectivity index (χ1) is 19.2. The summed E-state index contributed by atoms with van der Waals surface area (Å²) < 4.78 is 33.1. The second-order valence-electron chi connectivity index (χ2n) is 10.3. The van der Waals surface area contributed by atoms with Crippen molar-refractivity contribution in [2.45, 2.75) is 51.4 Å². The van der Waals surface area contributed by atoms with Crippen LogP contribution in [0.3, 0.4) is 0 Å². The summed E-state index contributed by atoms with van der Waals surface area (Å²) in [6, 6.07) is 10.5. The van der Waals surface area contributed by atoms with Crippen molar-refractivity contribution in [1.82, 2.24) is 34.0 Å². The summed E-state index contributed by atoms with van der Waals surface area (Å²) in [7, 11) is 0. The predicted octanol–water partition coefficient (Wildman–Crippen LogP) is 2.97. The lowest BCUT2D eigenvalue weighted by atomic mass is 9.85. The maximum Gasteiger partial charge on any atom is 0.350 e. The Labute approximate surface area is 231 Å². The molecule has 5 rings (SSSR count). The van der Waals surface area contributed by atoms with Crippen LogP contribution in [0.25, 0.3) is 5.69 Å². The molecule has 0 radical (unpaired) electrons. The Kier molecular flexibility index (Phi) is 7.81. The molecular formula is C28H34F2N8O2. The first-order valence-corrected chi connectivity index (χ1v) is 13.5. The Morgan fingerprint density at radius 2 is 1.68 bits per heavy atom. The minimum absolute atomic E-state index is 0.0156. The highest BCUT2D eigenvalue weighted by molar-refractivity contribution is 5.51. The second kappa shape index (κ2) is 11.3. The van der Waals surface area contributed by atoms with E-state index in [9.17, 15) is 18.7 Å². The number of halogens is 2. The molecule has 0 bridgehead atoms. The molecule has 0 amide bonds. The van der Waals surface area contributed by atoms with Crippen LogP contribution in [0.5, 0.6) is 0 Å². The lowest BCUT2D eigenvalue weighted by Gasteiger charge is -2.45. The highest BCUT2D eigenvalue weighted by atomic mass is 19.1. The van der Waals surface area contributed by atoms with E-state index in [4.69, 9.17) is 0 Å². The molecule has 3 heterocycles. The van der Waals surface area contributed by atoms with Crippen LogP contribution < -0.4 is 10.6 Å². The van der Waals surface area contributed by atoms with Gasteiger partial charge in [0.25, 0.3) is 0 Å². The van der Waals surface area contributed by atoms with E-state index in [0.29, 0.717) is 26.2 Å². The molecule has 1 N–H and O–H groups in total. The van der Waals surface area contributed by atoms with Crippen molar-refractivity contribution < 1.29 is 13.9 Å². The fourth-order valence-corrected chi connectivity index (χ4v) is 5.31. The number of piperazine rings is 1. The molecule has 12 heteroatoms. The third-order valence-electron chi connectivity index (χ3n) is 8.02. The third-order valence-corrected chi connectivity index (χ3v) is 8.02. The SMILES string of the molecule is CCC(C)n1ncn(-c2ccc(N3CCN([C@H](C)[C@](O)(Cn4cncn4)c4ccc(F)cc4F)CC3)cc2)c1=O. The van der Waals surface area contributed by atoms with Crippen molar-refractivity contribution >= 4 is 5.69 Å². The van der Waals surface area contributed by atoms with Crippen LogP contribution in [-0.4, -0.2) is 71.3 Å². The van der Waals surface area contributed by atoms with Gasteiger partial charge < -0.3 is 10.0 Å². The molecule has 10 nitrogen and oxygen atoms in total. The smallest absolute Gasteiger partial charge is 0.350 e. The Hall–Kier alpha value is -3.90. The average molecular weight is 553 g/mol. The molecule has 0 saturated carbocycles. The zero-order valence-electron chi connectivity index (χ0n) is 22.9. The van der Waals surface area contributed by atoms with Crippen LogP contribution in [0.1, 0.15) is 38.8 Å². The Morgan fingerprint density at radius 1 is 0.975 bits per heavy atom. The van der Waals surface area contributed by atoms with E-state index in [-0.39, 0.29) is 23.8 Å². The van der Waals surface area contributed by atoms with E-state index in [1.165, 1.54) is 28.1 Å². The molecule has 3 atom stereocenters. The maximum absolute atomic E-state index is 14.9. The van der Waals surface area contributed by atoms with Gasteiger partial charge in [-0.15, -0.1) is 0 Å². The van der Waals surface area contributed by atoms with Crippen molar-refractivity contribution in [2.24, 2.45) is 0 Å². The van der Waals surface area contributed by atoms with E-state index < -0.39 is 23.3 Å². The lowest BCUT2D eigenvalue weighted by molar-refractivity contribution is -0.0650. The standard InChI is InChI=1S/C28H34F2N8O2/c1-4-20(2)38-27(39)37(19-33-38)24-8-6-23(7-9-24)35-13-11-34(12-14-35)21(3)28(40,16-36-18-31-17-32-36)25-10-5-22(29)15-26(25)30/h5-10,15,17-21,40H,4,11-14,16H2,1-3H3/t20?,21-,28-/m1/s1. The third kappa shape index (κ3) is 5.28. The fourth-order valence-electron chi connectivity index (χ4n) is 5.31. The predicted molar refractivity (Wildman–Crippen MR) is 146 cm³/mol. The molecule has 40 heavy (non-hydrogen) atoms. The Bertz CT molecular complexity index is 1480. The molecule has 1 unspecified atom stereocenters. The highest BCUT2D eigenvalue weighted by Crippen LogP contribution is 2.33. The van der Waals surface area contributed by atoms with Gasteiger partial charge in [0.1, 0.15) is 36.2 Å². The summed E-state index contributed by atoms with van der Waals surface area (Å²) in [5, 5.41) is 20.3. The van der Waals surface area contributed by atoms with E-state index in [1.54, 1.807) is 10.9 Å². The van der Waals surface area contributed by atoms with Crippen LogP contribution in [-0.2, 0) is 12.1 Å². The van der Waals surface area contributed by atoms with Gasteiger partial charge in [0.15, 0.2) is 0 Å². The van der Waals surface area contributed by atoms with Gasteiger partial charge in [0.2, 0.25) is 0 Å². The molecule has 4 aromatic rings. The number of aliphatic hydroxyl groups is 1. The number of hydrogen-bond donors (Lipinski definition) is 1. The fraction of sp³-hybridized carbons (Fsp3) is 0.429. The van der Waals surface area contributed by atoms with Crippen molar-refractivity contribution in [1.29, 1.82) is 0 Å². The molecule has 2 aromatic heterocycles. The molecule has 0 spiro atoms. The highest BCUT2D eigenvalue weighted by Gasteiger charge is 2.42. The van der Waals surface area contributed by atoms with Gasteiger partial charge in [-0.2, -0.15) is 10.2 Å². The number of anilines is 1. The first kappa shape index (κ1) is 27.7. The van der Waals surface area contributed by atoms with Crippen molar-refractivity contribution in [2.75, 3.05) is 31.1 Å². The molecule has 1 saturated heterocycles. The number of nitrogens with zero attached hydrogens (tertiary/aromatic N) is 8. The molecule has 1 fully saturated rings. The molecular weight excluding hydrogens is 518 g/mol. The summed E-state index contributed by atoms with van der Waals surface area (Å²) in [5.41, 5.74) is -0.0686. The van der Waals surface area contributed by atoms with Crippen molar-refractivity contribution in [3.8, 4) is 5.69 Å². The van der Waals surface area contributed by atoms with Crippen molar-refractivity contribution in [3.05, 3.63) is 89.1 Å². The Balaban J connectivity index is 1.30. The maximum atomic E-state index is 14.9. The van der Waals surface area contributed by atoms with Gasteiger partial charge in [-0.05, 0) is 50.6 Å². The molecule has 0 aliphatic carbocycles. The quantitative estimate of drug-likeness (QED) is 0.341. The van der Waals surface area contributed by atoms with Gasteiger partial charge in [-0.25, -0.2) is 32.5 Å². The number of benzene rings is 2. The van der Waals surface area contributed by atoms with E-state index in [2.05, 4.69) is 25.0 Å². The topological polar surface area (TPSA) is 97.2 Å². The normalized spacial score (nSPS) is 17.5. The molecule has 1 aliphatic rings. The minimum Gasteiger partial charge on any atom is -0.381 e. The summed E-state index contributed by atoms with van der Waals surface area (Å²) in [6.07, 6.45) is 5.18. The Morgan fingerprint density at radius 3 is 2.30 bits per heavy atom.